The van der Waals surface area contributed by atoms with Crippen molar-refractivity contribution in [3.63, 3.8) is 0 Å². The fraction of sp³-hybridized carbons (Fsp3) is 0.652. The van der Waals surface area contributed by atoms with E-state index in [9.17, 15) is 9.59 Å². The lowest BCUT2D eigenvalue weighted by Crippen LogP contribution is -2.39. The highest BCUT2D eigenvalue weighted by Gasteiger charge is 2.39. The van der Waals surface area contributed by atoms with Gasteiger partial charge in [-0.25, -0.2) is 0 Å². The Balaban J connectivity index is 2.14. The first-order chi connectivity index (χ1) is 13.1. The highest BCUT2D eigenvalue weighted by atomic mass is 32.2. The van der Waals surface area contributed by atoms with Gasteiger partial charge in [0, 0.05) is 15.8 Å². The van der Waals surface area contributed by atoms with Gasteiger partial charge in [0.2, 0.25) is 5.91 Å². The number of hydrogen-bond donors (Lipinski definition) is 2. The zero-order valence-electron chi connectivity index (χ0n) is 18.1. The van der Waals surface area contributed by atoms with Gasteiger partial charge in [0.15, 0.2) is 0 Å². The minimum atomic E-state index is -0.286. The Kier molecular flexibility index (Phi) is 7.99. The average Bonchev–Trinajstić information content (AvgIpc) is 2.60. The molecule has 2 N–H and O–H groups in total. The van der Waals surface area contributed by atoms with Crippen molar-refractivity contribution in [1.29, 1.82) is 0 Å². The van der Waals surface area contributed by atoms with Crippen LogP contribution in [0.4, 0.5) is 10.5 Å². The van der Waals surface area contributed by atoms with Crippen LogP contribution >= 0.6 is 11.8 Å². The van der Waals surface area contributed by atoms with E-state index in [0.717, 1.165) is 60.9 Å². The average molecular weight is 405 g/mol. The van der Waals surface area contributed by atoms with Crippen LogP contribution in [-0.2, 0) is 4.79 Å². The van der Waals surface area contributed by atoms with E-state index in [-0.39, 0.29) is 22.1 Å². The van der Waals surface area contributed by atoms with Gasteiger partial charge in [0.05, 0.1) is 5.69 Å². The van der Waals surface area contributed by atoms with Crippen molar-refractivity contribution in [3.05, 3.63) is 24.3 Å². The molecule has 2 rings (SSSR count). The summed E-state index contributed by atoms with van der Waals surface area (Å²) in [6.07, 6.45) is 7.40. The van der Waals surface area contributed by atoms with Gasteiger partial charge in [0.1, 0.15) is 0 Å². The fourth-order valence-corrected chi connectivity index (χ4v) is 4.66. The molecule has 0 heterocycles. The van der Waals surface area contributed by atoms with Crippen molar-refractivity contribution >= 4 is 28.6 Å². The monoisotopic (exact) mass is 404 g/mol. The lowest BCUT2D eigenvalue weighted by Gasteiger charge is -2.36. The van der Waals surface area contributed by atoms with Gasteiger partial charge in [-0.05, 0) is 76.3 Å². The van der Waals surface area contributed by atoms with Gasteiger partial charge in [0.25, 0.3) is 5.24 Å². The number of rotatable bonds is 6. The predicted molar refractivity (Wildman–Crippen MR) is 119 cm³/mol. The molecule has 0 aliphatic heterocycles. The molecule has 1 aliphatic carbocycles. The molecule has 4 nitrogen and oxygen atoms in total. The van der Waals surface area contributed by atoms with E-state index in [1.165, 1.54) is 6.42 Å². The van der Waals surface area contributed by atoms with Crippen molar-refractivity contribution in [2.45, 2.75) is 90.0 Å². The van der Waals surface area contributed by atoms with E-state index in [1.807, 2.05) is 45.0 Å². The highest BCUT2D eigenvalue weighted by molar-refractivity contribution is 8.13. The Morgan fingerprint density at radius 2 is 1.75 bits per heavy atom. The Hall–Kier alpha value is -1.49. The molecular weight excluding hydrogens is 368 g/mol. The fourth-order valence-electron chi connectivity index (χ4n) is 3.73. The number of hydrogen-bond acceptors (Lipinski definition) is 3. The third kappa shape index (κ3) is 6.84. The Bertz CT molecular complexity index is 673. The van der Waals surface area contributed by atoms with Gasteiger partial charge in [-0.1, -0.05) is 45.2 Å². The van der Waals surface area contributed by atoms with E-state index < -0.39 is 0 Å². The summed E-state index contributed by atoms with van der Waals surface area (Å²) in [6.45, 7) is 10.3. The van der Waals surface area contributed by atoms with Crippen LogP contribution in [0.2, 0.25) is 0 Å². The number of carbonyl (C=O) groups is 2. The number of benzene rings is 1. The number of anilines is 1. The zero-order chi connectivity index (χ0) is 20.8. The molecule has 156 valence electrons. The van der Waals surface area contributed by atoms with Crippen molar-refractivity contribution in [3.8, 4) is 0 Å². The van der Waals surface area contributed by atoms with Crippen LogP contribution < -0.4 is 10.6 Å². The van der Waals surface area contributed by atoms with Gasteiger partial charge >= 0.3 is 0 Å². The molecule has 0 aromatic heterocycles. The van der Waals surface area contributed by atoms with Gasteiger partial charge in [-0.15, -0.1) is 0 Å². The van der Waals surface area contributed by atoms with Crippen LogP contribution in [0.25, 0.3) is 0 Å². The largest absolute Gasteiger partial charge is 0.342 e. The molecule has 1 fully saturated rings. The first-order valence-corrected chi connectivity index (χ1v) is 11.3. The van der Waals surface area contributed by atoms with Crippen LogP contribution in [0.3, 0.4) is 0 Å². The van der Waals surface area contributed by atoms with E-state index in [1.54, 1.807) is 0 Å². The molecule has 0 radical (unpaired) electrons. The maximum atomic E-state index is 13.3. The number of carbonyl (C=O) groups excluding carboxylic acids is 2. The zero-order valence-corrected chi connectivity index (χ0v) is 18.9. The number of amides is 2. The summed E-state index contributed by atoms with van der Waals surface area (Å²) in [5, 5.41) is 6.03. The maximum Gasteiger partial charge on any atom is 0.284 e. The van der Waals surface area contributed by atoms with E-state index in [0.29, 0.717) is 5.92 Å². The van der Waals surface area contributed by atoms with Crippen LogP contribution in [-0.4, -0.2) is 16.7 Å². The van der Waals surface area contributed by atoms with Crippen molar-refractivity contribution in [2.75, 3.05) is 5.32 Å². The maximum absolute atomic E-state index is 13.3. The summed E-state index contributed by atoms with van der Waals surface area (Å²) in [6, 6.07) is 7.59. The van der Waals surface area contributed by atoms with Crippen molar-refractivity contribution in [2.24, 2.45) is 11.3 Å². The van der Waals surface area contributed by atoms with Gasteiger partial charge < -0.3 is 10.6 Å². The first-order valence-electron chi connectivity index (χ1n) is 10.5. The standard InChI is InChI=1S/C23H36N2O2S/c1-17(2)13-16-23(14-9-6-10-15-23)20(26)24-18-11-7-8-12-19(18)28-21(27)25-22(3,4)5/h7-8,11-12,17H,6,9-10,13-16H2,1-5H3,(H,24,26)(H,25,27). The summed E-state index contributed by atoms with van der Waals surface area (Å²) in [7, 11) is 0. The molecule has 0 unspecified atom stereocenters. The smallest absolute Gasteiger partial charge is 0.284 e. The molecule has 28 heavy (non-hydrogen) atoms. The third-order valence-electron chi connectivity index (χ3n) is 5.31. The molecular formula is C23H36N2O2S. The molecule has 5 heteroatoms. The Labute approximate surface area is 174 Å². The molecule has 1 aromatic rings. The van der Waals surface area contributed by atoms with Gasteiger partial charge in [-0.3, -0.25) is 9.59 Å². The van der Waals surface area contributed by atoms with E-state index in [4.69, 9.17) is 0 Å². The quantitative estimate of drug-likeness (QED) is 0.524. The van der Waals surface area contributed by atoms with Crippen LogP contribution in [0.15, 0.2) is 29.2 Å². The molecule has 1 saturated carbocycles. The summed E-state index contributed by atoms with van der Waals surface area (Å²) in [5.41, 5.74) is 0.176. The van der Waals surface area contributed by atoms with Crippen LogP contribution in [0.5, 0.6) is 0 Å². The van der Waals surface area contributed by atoms with Crippen LogP contribution in [0, 0.1) is 11.3 Å². The number of nitrogens with one attached hydrogen (secondary N) is 2. The second-order valence-corrected chi connectivity index (χ2v) is 10.5. The summed E-state index contributed by atoms with van der Waals surface area (Å²) in [4.78, 5) is 26.5. The second-order valence-electron chi connectivity index (χ2n) is 9.49. The molecule has 0 atom stereocenters. The van der Waals surface area contributed by atoms with Crippen molar-refractivity contribution in [1.82, 2.24) is 5.32 Å². The highest BCUT2D eigenvalue weighted by Crippen LogP contribution is 2.42. The molecule has 0 spiro atoms. The minimum absolute atomic E-state index is 0.110. The summed E-state index contributed by atoms with van der Waals surface area (Å²) >= 11 is 1.14. The van der Waals surface area contributed by atoms with E-state index >= 15 is 0 Å². The molecule has 0 bridgehead atoms. The lowest BCUT2D eigenvalue weighted by molar-refractivity contribution is -0.128. The minimum Gasteiger partial charge on any atom is -0.342 e. The second kappa shape index (κ2) is 9.82. The van der Waals surface area contributed by atoms with Crippen molar-refractivity contribution < 1.29 is 9.59 Å². The topological polar surface area (TPSA) is 58.2 Å². The molecule has 1 aliphatic rings. The number of para-hydroxylation sites is 1. The van der Waals surface area contributed by atoms with E-state index in [2.05, 4.69) is 24.5 Å². The Morgan fingerprint density at radius 1 is 1.11 bits per heavy atom. The summed E-state index contributed by atoms with van der Waals surface area (Å²) < 4.78 is 0. The first kappa shape index (κ1) is 22.8. The van der Waals surface area contributed by atoms with Gasteiger partial charge in [-0.2, -0.15) is 0 Å². The molecule has 0 saturated heterocycles. The summed E-state index contributed by atoms with van der Waals surface area (Å²) in [5.74, 6) is 0.715. The normalized spacial score (nSPS) is 16.6. The third-order valence-corrected chi connectivity index (χ3v) is 6.17. The predicted octanol–water partition coefficient (Wildman–Crippen LogP) is 6.61. The Morgan fingerprint density at radius 3 is 2.36 bits per heavy atom. The lowest BCUT2D eigenvalue weighted by atomic mass is 9.69. The SMILES string of the molecule is CC(C)CCC1(C(=O)Nc2ccccc2SC(=O)NC(C)(C)C)CCCCC1. The number of thioether (sulfide) groups is 1. The molecule has 1 aromatic carbocycles. The molecule has 2 amide bonds. The van der Waals surface area contributed by atoms with Crippen LogP contribution in [0.1, 0.15) is 79.6 Å².